The molecule has 0 aliphatic heterocycles. The number of aryl methyl sites for hydroxylation is 1. The first-order valence-electron chi connectivity index (χ1n) is 6.63. The quantitative estimate of drug-likeness (QED) is 0.501. The van der Waals surface area contributed by atoms with Crippen molar-refractivity contribution in [3.8, 4) is 5.75 Å². The van der Waals surface area contributed by atoms with Crippen LogP contribution in [0.15, 0.2) is 18.7 Å². The molecule has 1 N–H and O–H groups in total. The second-order valence-electron chi connectivity index (χ2n) is 5.00. The molecule has 0 saturated heterocycles. The average molecular weight is 244 g/mol. The van der Waals surface area contributed by atoms with Crippen LogP contribution in [-0.2, 0) is 19.3 Å². The van der Waals surface area contributed by atoms with Gasteiger partial charge in [0.25, 0.3) is 0 Å². The Morgan fingerprint density at radius 1 is 1.39 bits per heavy atom. The van der Waals surface area contributed by atoms with E-state index >= 15 is 0 Å². The minimum absolute atomic E-state index is 0.0589. The van der Waals surface area contributed by atoms with Gasteiger partial charge in [0.05, 0.1) is 5.56 Å². The van der Waals surface area contributed by atoms with E-state index in [4.69, 9.17) is 0 Å². The van der Waals surface area contributed by atoms with E-state index < -0.39 is 0 Å². The van der Waals surface area contributed by atoms with Gasteiger partial charge in [-0.3, -0.25) is 4.79 Å². The fourth-order valence-corrected chi connectivity index (χ4v) is 2.91. The SMILES string of the molecule is C=CCc1c2c(cc(O)c1C(C)=O)CCCCC2. The lowest BCUT2D eigenvalue weighted by Crippen LogP contribution is -2.07. The smallest absolute Gasteiger partial charge is 0.163 e. The number of phenols is 1. The summed E-state index contributed by atoms with van der Waals surface area (Å²) in [5.74, 6) is 0.0800. The Labute approximate surface area is 108 Å². The maximum absolute atomic E-state index is 11.7. The molecule has 2 heteroatoms. The molecule has 0 aromatic heterocycles. The number of aromatic hydroxyl groups is 1. The van der Waals surface area contributed by atoms with Gasteiger partial charge >= 0.3 is 0 Å². The summed E-state index contributed by atoms with van der Waals surface area (Å²) in [5.41, 5.74) is 3.98. The maximum Gasteiger partial charge on any atom is 0.163 e. The van der Waals surface area contributed by atoms with Gasteiger partial charge < -0.3 is 5.11 Å². The molecule has 1 aliphatic carbocycles. The highest BCUT2D eigenvalue weighted by Crippen LogP contribution is 2.33. The predicted molar refractivity (Wildman–Crippen MR) is 73.3 cm³/mol. The summed E-state index contributed by atoms with van der Waals surface area (Å²) >= 11 is 0. The third kappa shape index (κ3) is 2.33. The van der Waals surface area contributed by atoms with E-state index in [1.807, 2.05) is 6.08 Å². The molecule has 18 heavy (non-hydrogen) atoms. The number of rotatable bonds is 3. The number of hydrogen-bond donors (Lipinski definition) is 1. The molecule has 1 aromatic carbocycles. The van der Waals surface area contributed by atoms with Gasteiger partial charge in [0, 0.05) is 0 Å². The van der Waals surface area contributed by atoms with E-state index in [-0.39, 0.29) is 11.5 Å². The van der Waals surface area contributed by atoms with Crippen molar-refractivity contribution in [2.45, 2.75) is 45.4 Å². The van der Waals surface area contributed by atoms with Crippen molar-refractivity contribution in [1.82, 2.24) is 0 Å². The van der Waals surface area contributed by atoms with Crippen LogP contribution in [0.3, 0.4) is 0 Å². The number of ketones is 1. The van der Waals surface area contributed by atoms with Crippen LogP contribution in [0.25, 0.3) is 0 Å². The lowest BCUT2D eigenvalue weighted by atomic mass is 9.89. The highest BCUT2D eigenvalue weighted by atomic mass is 16.3. The minimum Gasteiger partial charge on any atom is -0.507 e. The molecule has 0 fully saturated rings. The van der Waals surface area contributed by atoms with Crippen molar-refractivity contribution in [1.29, 1.82) is 0 Å². The molecule has 2 rings (SSSR count). The number of hydrogen-bond acceptors (Lipinski definition) is 2. The van der Waals surface area contributed by atoms with E-state index in [2.05, 4.69) is 6.58 Å². The second kappa shape index (κ2) is 5.38. The maximum atomic E-state index is 11.7. The number of phenolic OH excluding ortho intramolecular Hbond substituents is 1. The molecule has 2 nitrogen and oxygen atoms in total. The van der Waals surface area contributed by atoms with Gasteiger partial charge in [-0.05, 0) is 61.8 Å². The summed E-state index contributed by atoms with van der Waals surface area (Å²) in [7, 11) is 0. The van der Waals surface area contributed by atoms with Crippen molar-refractivity contribution < 1.29 is 9.90 Å². The minimum atomic E-state index is -0.0589. The zero-order valence-corrected chi connectivity index (χ0v) is 11.0. The fourth-order valence-electron chi connectivity index (χ4n) is 2.91. The van der Waals surface area contributed by atoms with Crippen molar-refractivity contribution in [3.05, 3.63) is 41.0 Å². The predicted octanol–water partition coefficient (Wildman–Crippen LogP) is 3.59. The Morgan fingerprint density at radius 2 is 2.11 bits per heavy atom. The first-order valence-corrected chi connectivity index (χ1v) is 6.63. The highest BCUT2D eigenvalue weighted by molar-refractivity contribution is 5.98. The summed E-state index contributed by atoms with van der Waals surface area (Å²) in [5, 5.41) is 10.1. The second-order valence-corrected chi connectivity index (χ2v) is 5.00. The molecule has 1 aromatic rings. The Kier molecular flexibility index (Phi) is 3.85. The van der Waals surface area contributed by atoms with Crippen molar-refractivity contribution in [2.24, 2.45) is 0 Å². The number of allylic oxidation sites excluding steroid dienone is 1. The highest BCUT2D eigenvalue weighted by Gasteiger charge is 2.20. The molecule has 0 atom stereocenters. The van der Waals surface area contributed by atoms with Crippen LogP contribution in [0.2, 0.25) is 0 Å². The molecule has 0 spiro atoms. The summed E-state index contributed by atoms with van der Waals surface area (Å²) in [6.07, 6.45) is 8.04. The molecule has 0 unspecified atom stereocenters. The summed E-state index contributed by atoms with van der Waals surface area (Å²) in [6, 6.07) is 1.80. The molecule has 0 bridgehead atoms. The zero-order valence-electron chi connectivity index (χ0n) is 11.0. The largest absolute Gasteiger partial charge is 0.507 e. The molecule has 0 radical (unpaired) electrons. The lowest BCUT2D eigenvalue weighted by Gasteiger charge is -2.16. The Bertz CT molecular complexity index is 486. The zero-order chi connectivity index (χ0) is 13.1. The topological polar surface area (TPSA) is 37.3 Å². The number of fused-ring (bicyclic) bond motifs is 1. The standard InChI is InChI=1S/C16H20O2/c1-3-7-14-13-9-6-4-5-8-12(13)10-15(18)16(14)11(2)17/h3,10,18H,1,4-9H2,2H3. The van der Waals surface area contributed by atoms with E-state index in [0.717, 1.165) is 18.4 Å². The summed E-state index contributed by atoms with van der Waals surface area (Å²) < 4.78 is 0. The number of Topliss-reactive ketones (excluding diaryl/α,β-unsaturated/α-hetero) is 1. The van der Waals surface area contributed by atoms with Crippen molar-refractivity contribution in [3.63, 3.8) is 0 Å². The van der Waals surface area contributed by atoms with E-state index in [0.29, 0.717) is 12.0 Å². The van der Waals surface area contributed by atoms with Gasteiger partial charge in [-0.15, -0.1) is 6.58 Å². The van der Waals surface area contributed by atoms with E-state index in [1.165, 1.54) is 37.3 Å². The van der Waals surface area contributed by atoms with Crippen molar-refractivity contribution in [2.75, 3.05) is 0 Å². The van der Waals surface area contributed by atoms with Crippen LogP contribution in [0.1, 0.15) is 53.2 Å². The summed E-state index contributed by atoms with van der Waals surface area (Å²) in [4.78, 5) is 11.7. The van der Waals surface area contributed by atoms with Gasteiger partial charge in [-0.2, -0.15) is 0 Å². The number of carbonyl (C=O) groups is 1. The molecule has 96 valence electrons. The van der Waals surface area contributed by atoms with Crippen LogP contribution in [-0.4, -0.2) is 10.9 Å². The van der Waals surface area contributed by atoms with Crippen LogP contribution in [0.4, 0.5) is 0 Å². The van der Waals surface area contributed by atoms with Crippen LogP contribution in [0, 0.1) is 0 Å². The first-order chi connectivity index (χ1) is 8.65. The molecule has 1 aliphatic rings. The van der Waals surface area contributed by atoms with E-state index in [9.17, 15) is 9.90 Å². The molecular weight excluding hydrogens is 224 g/mol. The van der Waals surface area contributed by atoms with Gasteiger partial charge in [0.1, 0.15) is 5.75 Å². The number of carbonyl (C=O) groups excluding carboxylic acids is 1. The fraction of sp³-hybridized carbons (Fsp3) is 0.438. The van der Waals surface area contributed by atoms with Crippen LogP contribution < -0.4 is 0 Å². The number of benzene rings is 1. The third-order valence-electron chi connectivity index (χ3n) is 3.69. The average Bonchev–Trinajstić information content (AvgIpc) is 2.53. The van der Waals surface area contributed by atoms with Gasteiger partial charge in [-0.25, -0.2) is 0 Å². The monoisotopic (exact) mass is 244 g/mol. The van der Waals surface area contributed by atoms with Gasteiger partial charge in [0.15, 0.2) is 5.78 Å². The van der Waals surface area contributed by atoms with Gasteiger partial charge in [-0.1, -0.05) is 12.5 Å². The molecule has 0 heterocycles. The third-order valence-corrected chi connectivity index (χ3v) is 3.69. The van der Waals surface area contributed by atoms with Crippen LogP contribution >= 0.6 is 0 Å². The molecule has 0 saturated carbocycles. The Morgan fingerprint density at radius 3 is 2.78 bits per heavy atom. The Balaban J connectivity index is 2.65. The normalized spacial score (nSPS) is 14.7. The van der Waals surface area contributed by atoms with Crippen LogP contribution in [0.5, 0.6) is 5.75 Å². The first kappa shape index (κ1) is 12.9. The molecular formula is C16H20O2. The molecule has 0 amide bonds. The lowest BCUT2D eigenvalue weighted by molar-refractivity contribution is 0.101. The Hall–Kier alpha value is -1.57. The van der Waals surface area contributed by atoms with Crippen molar-refractivity contribution >= 4 is 5.78 Å². The van der Waals surface area contributed by atoms with E-state index in [1.54, 1.807) is 6.07 Å². The van der Waals surface area contributed by atoms with Gasteiger partial charge in [0.2, 0.25) is 0 Å². The summed E-state index contributed by atoms with van der Waals surface area (Å²) in [6.45, 7) is 5.28.